The van der Waals surface area contributed by atoms with Gasteiger partial charge in [0.2, 0.25) is 0 Å². The molecular formula is C25H26O5. The van der Waals surface area contributed by atoms with Crippen molar-refractivity contribution >= 4 is 0 Å². The topological polar surface area (TPSA) is 79.2 Å². The number of allylic oxidation sites excluding steroid dienone is 1. The summed E-state index contributed by atoms with van der Waals surface area (Å²) in [4.78, 5) is 0. The van der Waals surface area contributed by atoms with Crippen LogP contribution in [0.5, 0.6) is 28.7 Å². The van der Waals surface area contributed by atoms with Crippen molar-refractivity contribution in [3.05, 3.63) is 65.7 Å². The van der Waals surface area contributed by atoms with Crippen molar-refractivity contribution in [2.24, 2.45) is 0 Å². The highest BCUT2D eigenvalue weighted by atomic mass is 16.5. The van der Waals surface area contributed by atoms with Gasteiger partial charge in [-0.15, -0.1) is 0 Å². The number of rotatable bonds is 6. The molecule has 0 radical (unpaired) electrons. The van der Waals surface area contributed by atoms with Gasteiger partial charge in [0, 0.05) is 0 Å². The number of benzene rings is 3. The summed E-state index contributed by atoms with van der Waals surface area (Å²) >= 11 is 0. The Kier molecular flexibility index (Phi) is 6.21. The van der Waals surface area contributed by atoms with Gasteiger partial charge >= 0.3 is 0 Å². The van der Waals surface area contributed by atoms with Crippen LogP contribution in [0.4, 0.5) is 0 Å². The second kappa shape index (κ2) is 8.82. The molecule has 0 aromatic heterocycles. The Morgan fingerprint density at radius 2 is 1.57 bits per heavy atom. The molecule has 0 saturated heterocycles. The van der Waals surface area contributed by atoms with Gasteiger partial charge in [-0.1, -0.05) is 23.8 Å². The lowest BCUT2D eigenvalue weighted by atomic mass is 9.93. The zero-order valence-corrected chi connectivity index (χ0v) is 17.6. The van der Waals surface area contributed by atoms with Crippen LogP contribution in [0.2, 0.25) is 0 Å². The highest BCUT2D eigenvalue weighted by molar-refractivity contribution is 5.85. The first-order valence-electron chi connectivity index (χ1n) is 9.61. The van der Waals surface area contributed by atoms with E-state index in [2.05, 4.69) is 0 Å². The first kappa shape index (κ1) is 21.1. The van der Waals surface area contributed by atoms with Gasteiger partial charge in [0.25, 0.3) is 0 Å². The van der Waals surface area contributed by atoms with Gasteiger partial charge in [0.15, 0.2) is 11.5 Å². The van der Waals surface area contributed by atoms with Gasteiger partial charge in [-0.3, -0.25) is 0 Å². The summed E-state index contributed by atoms with van der Waals surface area (Å²) in [6.07, 6.45) is 1.93. The Hall–Kier alpha value is -3.60. The summed E-state index contributed by atoms with van der Waals surface area (Å²) < 4.78 is 11.1. The average Bonchev–Trinajstić information content (AvgIpc) is 2.71. The van der Waals surface area contributed by atoms with Crippen LogP contribution in [0.15, 0.2) is 60.2 Å². The highest BCUT2D eigenvalue weighted by Gasteiger charge is 2.19. The summed E-state index contributed by atoms with van der Waals surface area (Å²) in [5, 5.41) is 30.9. The SMILES string of the molecule is COc1cc(-c2ccc(OCC=C(C)C)c(O)c2)c(C)c(O)c1-c1ccc(O)cc1. The monoisotopic (exact) mass is 406 g/mol. The van der Waals surface area contributed by atoms with E-state index in [0.29, 0.717) is 29.2 Å². The van der Waals surface area contributed by atoms with Crippen molar-refractivity contribution in [1.82, 2.24) is 0 Å². The molecule has 0 saturated carbocycles. The molecule has 3 N–H and O–H groups in total. The molecule has 0 aliphatic rings. The highest BCUT2D eigenvalue weighted by Crippen LogP contribution is 2.45. The maximum atomic E-state index is 10.9. The van der Waals surface area contributed by atoms with Crippen LogP contribution in [0, 0.1) is 6.92 Å². The largest absolute Gasteiger partial charge is 0.508 e. The van der Waals surface area contributed by atoms with Crippen LogP contribution >= 0.6 is 0 Å². The fourth-order valence-electron chi connectivity index (χ4n) is 3.22. The Morgan fingerprint density at radius 3 is 2.17 bits per heavy atom. The van der Waals surface area contributed by atoms with Crippen LogP contribution in [0.25, 0.3) is 22.3 Å². The Morgan fingerprint density at radius 1 is 0.900 bits per heavy atom. The van der Waals surface area contributed by atoms with Crippen molar-refractivity contribution in [1.29, 1.82) is 0 Å². The zero-order chi connectivity index (χ0) is 21.8. The lowest BCUT2D eigenvalue weighted by Gasteiger charge is -2.17. The minimum absolute atomic E-state index is 0.0233. The van der Waals surface area contributed by atoms with E-state index in [1.165, 1.54) is 7.11 Å². The summed E-state index contributed by atoms with van der Waals surface area (Å²) in [7, 11) is 1.54. The molecule has 0 heterocycles. The fraction of sp³-hybridized carbons (Fsp3) is 0.200. The molecule has 5 nitrogen and oxygen atoms in total. The first-order chi connectivity index (χ1) is 14.3. The second-order valence-electron chi connectivity index (χ2n) is 7.30. The molecule has 0 spiro atoms. The molecule has 0 amide bonds. The van der Waals surface area contributed by atoms with E-state index in [4.69, 9.17) is 9.47 Å². The second-order valence-corrected chi connectivity index (χ2v) is 7.30. The number of phenols is 3. The van der Waals surface area contributed by atoms with E-state index in [1.807, 2.05) is 39.0 Å². The van der Waals surface area contributed by atoms with Crippen molar-refractivity contribution in [2.45, 2.75) is 20.8 Å². The quantitative estimate of drug-likeness (QED) is 0.451. The van der Waals surface area contributed by atoms with E-state index >= 15 is 0 Å². The van der Waals surface area contributed by atoms with E-state index < -0.39 is 0 Å². The van der Waals surface area contributed by atoms with E-state index in [0.717, 1.165) is 22.3 Å². The van der Waals surface area contributed by atoms with Crippen LogP contribution in [0.1, 0.15) is 19.4 Å². The van der Waals surface area contributed by atoms with Crippen LogP contribution in [0.3, 0.4) is 0 Å². The minimum Gasteiger partial charge on any atom is -0.508 e. The molecule has 3 rings (SSSR count). The number of hydrogen-bond acceptors (Lipinski definition) is 5. The van der Waals surface area contributed by atoms with Crippen molar-refractivity contribution in [3.63, 3.8) is 0 Å². The van der Waals surface area contributed by atoms with Gasteiger partial charge in [0.1, 0.15) is 23.9 Å². The third kappa shape index (κ3) is 4.35. The van der Waals surface area contributed by atoms with Gasteiger partial charge in [-0.05, 0) is 79.4 Å². The summed E-state index contributed by atoms with van der Waals surface area (Å²) in [5.74, 6) is 1.13. The molecule has 0 fully saturated rings. The molecule has 0 aliphatic heterocycles. The maximum Gasteiger partial charge on any atom is 0.161 e. The predicted molar refractivity (Wildman–Crippen MR) is 119 cm³/mol. The summed E-state index contributed by atoms with van der Waals surface area (Å²) in [6.45, 7) is 6.15. The molecular weight excluding hydrogens is 380 g/mol. The number of hydrogen-bond donors (Lipinski definition) is 3. The molecule has 156 valence electrons. The van der Waals surface area contributed by atoms with Gasteiger partial charge < -0.3 is 24.8 Å². The molecule has 3 aromatic rings. The molecule has 30 heavy (non-hydrogen) atoms. The summed E-state index contributed by atoms with van der Waals surface area (Å²) in [5.41, 5.74) is 4.52. The van der Waals surface area contributed by atoms with Gasteiger partial charge in [-0.25, -0.2) is 0 Å². The first-order valence-corrected chi connectivity index (χ1v) is 9.61. The van der Waals surface area contributed by atoms with E-state index in [1.54, 1.807) is 36.4 Å². The molecule has 0 aliphatic carbocycles. The number of phenolic OH excluding ortho intramolecular Hbond substituents is 3. The molecule has 0 bridgehead atoms. The number of ether oxygens (including phenoxy) is 2. The lowest BCUT2D eigenvalue weighted by Crippen LogP contribution is -1.96. The van der Waals surface area contributed by atoms with Crippen LogP contribution in [-0.4, -0.2) is 29.0 Å². The zero-order valence-electron chi connectivity index (χ0n) is 17.6. The molecule has 5 heteroatoms. The van der Waals surface area contributed by atoms with Crippen LogP contribution < -0.4 is 9.47 Å². The van der Waals surface area contributed by atoms with Crippen molar-refractivity contribution in [3.8, 4) is 51.0 Å². The van der Waals surface area contributed by atoms with Gasteiger partial charge in [-0.2, -0.15) is 0 Å². The summed E-state index contributed by atoms with van der Waals surface area (Å²) in [6, 6.07) is 13.5. The third-order valence-electron chi connectivity index (χ3n) is 4.89. The minimum atomic E-state index is 0.0233. The molecule has 3 aromatic carbocycles. The Bertz CT molecular complexity index is 1080. The van der Waals surface area contributed by atoms with Gasteiger partial charge in [0.05, 0.1) is 12.7 Å². The van der Waals surface area contributed by atoms with Crippen molar-refractivity contribution < 1.29 is 24.8 Å². The third-order valence-corrected chi connectivity index (χ3v) is 4.89. The van der Waals surface area contributed by atoms with Crippen molar-refractivity contribution in [2.75, 3.05) is 13.7 Å². The number of methoxy groups -OCH3 is 1. The molecule has 0 unspecified atom stereocenters. The maximum absolute atomic E-state index is 10.9. The smallest absolute Gasteiger partial charge is 0.161 e. The number of aromatic hydroxyl groups is 3. The molecule has 0 atom stereocenters. The normalized spacial score (nSPS) is 10.5. The van der Waals surface area contributed by atoms with E-state index in [9.17, 15) is 15.3 Å². The Balaban J connectivity index is 2.03. The van der Waals surface area contributed by atoms with Crippen LogP contribution in [-0.2, 0) is 0 Å². The lowest BCUT2D eigenvalue weighted by molar-refractivity contribution is 0.335. The fourth-order valence-corrected chi connectivity index (χ4v) is 3.22. The average molecular weight is 406 g/mol. The van der Waals surface area contributed by atoms with E-state index in [-0.39, 0.29) is 17.2 Å². The predicted octanol–water partition coefficient (Wildman–Crippen LogP) is 5.80. The standard InChI is InChI=1S/C25H26O5/c1-15(2)11-12-30-22-10-7-18(13-21(22)27)20-14-23(29-4)24(25(28)16(20)3)17-5-8-19(26)9-6-17/h5-11,13-14,26-28H,12H2,1-4H3. The Labute approximate surface area is 176 Å².